The van der Waals surface area contributed by atoms with Crippen LogP contribution in [0.1, 0.15) is 35.5 Å². The number of benzene rings is 2. The summed E-state index contributed by atoms with van der Waals surface area (Å²) in [6.07, 6.45) is 0. The zero-order valence-corrected chi connectivity index (χ0v) is 17.1. The fraction of sp³-hybridized carbons (Fsp3) is 0.261. The van der Waals surface area contributed by atoms with E-state index in [-0.39, 0.29) is 17.2 Å². The molecule has 29 heavy (non-hydrogen) atoms. The van der Waals surface area contributed by atoms with Gasteiger partial charge in [-0.1, -0.05) is 30.3 Å². The zero-order valence-electron chi connectivity index (χ0n) is 17.1. The van der Waals surface area contributed by atoms with Gasteiger partial charge >= 0.3 is 0 Å². The number of carbonyl (C=O) groups excluding carboxylic acids is 1. The molecule has 3 aromatic rings. The molecule has 0 spiro atoms. The summed E-state index contributed by atoms with van der Waals surface area (Å²) in [5, 5.41) is 7.15. The predicted molar refractivity (Wildman–Crippen MR) is 117 cm³/mol. The van der Waals surface area contributed by atoms with Gasteiger partial charge in [0, 0.05) is 30.5 Å². The molecule has 0 unspecified atom stereocenters. The molecule has 6 nitrogen and oxygen atoms in total. The van der Waals surface area contributed by atoms with E-state index in [9.17, 15) is 9.59 Å². The van der Waals surface area contributed by atoms with Gasteiger partial charge in [0.2, 0.25) is 0 Å². The van der Waals surface area contributed by atoms with Crippen LogP contribution in [0.15, 0.2) is 65.5 Å². The summed E-state index contributed by atoms with van der Waals surface area (Å²) in [5.74, 6) is -0.342. The number of anilines is 2. The molecule has 0 atom stereocenters. The van der Waals surface area contributed by atoms with Gasteiger partial charge in [0.25, 0.3) is 11.5 Å². The molecule has 0 bridgehead atoms. The second kappa shape index (κ2) is 9.19. The van der Waals surface area contributed by atoms with Crippen LogP contribution in [0.5, 0.6) is 0 Å². The second-order valence-electron chi connectivity index (χ2n) is 6.83. The van der Waals surface area contributed by atoms with Crippen molar-refractivity contribution in [3.8, 4) is 0 Å². The summed E-state index contributed by atoms with van der Waals surface area (Å²) in [4.78, 5) is 27.1. The van der Waals surface area contributed by atoms with Crippen LogP contribution in [0, 0.1) is 6.92 Å². The summed E-state index contributed by atoms with van der Waals surface area (Å²) in [7, 11) is 0. The third-order valence-electron chi connectivity index (χ3n) is 4.86. The molecule has 0 radical (unpaired) electrons. The van der Waals surface area contributed by atoms with Crippen LogP contribution in [-0.4, -0.2) is 28.8 Å². The van der Waals surface area contributed by atoms with Crippen molar-refractivity contribution in [2.45, 2.75) is 27.3 Å². The predicted octanol–water partition coefficient (Wildman–Crippen LogP) is 3.70. The maximum atomic E-state index is 12.7. The van der Waals surface area contributed by atoms with Crippen LogP contribution >= 0.6 is 0 Å². The van der Waals surface area contributed by atoms with Gasteiger partial charge in [0.1, 0.15) is 5.69 Å². The number of rotatable bonds is 7. The molecule has 2 aromatic carbocycles. The SMILES string of the molecule is CCN(CC)c1ccc(NC(=O)c2ccc(=O)n(Cc3ccccc3)n2)c(C)c1. The largest absolute Gasteiger partial charge is 0.372 e. The van der Waals surface area contributed by atoms with Crippen LogP contribution in [0.25, 0.3) is 0 Å². The monoisotopic (exact) mass is 390 g/mol. The van der Waals surface area contributed by atoms with Gasteiger partial charge in [-0.2, -0.15) is 5.10 Å². The maximum Gasteiger partial charge on any atom is 0.276 e. The molecule has 0 aliphatic rings. The van der Waals surface area contributed by atoms with Gasteiger partial charge in [-0.05, 0) is 56.2 Å². The van der Waals surface area contributed by atoms with Crippen molar-refractivity contribution < 1.29 is 4.79 Å². The summed E-state index contributed by atoms with van der Waals surface area (Å²) >= 11 is 0. The number of aromatic nitrogens is 2. The van der Waals surface area contributed by atoms with Crippen molar-refractivity contribution in [1.29, 1.82) is 0 Å². The lowest BCUT2D eigenvalue weighted by molar-refractivity contribution is 0.102. The smallest absolute Gasteiger partial charge is 0.276 e. The Hall–Kier alpha value is -3.41. The molecule has 1 amide bonds. The lowest BCUT2D eigenvalue weighted by Crippen LogP contribution is -2.26. The molecule has 0 fully saturated rings. The van der Waals surface area contributed by atoms with Gasteiger partial charge in [0.15, 0.2) is 0 Å². The highest BCUT2D eigenvalue weighted by Gasteiger charge is 2.12. The van der Waals surface area contributed by atoms with E-state index in [4.69, 9.17) is 0 Å². The van der Waals surface area contributed by atoms with Crippen molar-refractivity contribution in [3.05, 3.63) is 87.8 Å². The van der Waals surface area contributed by atoms with Gasteiger partial charge in [-0.3, -0.25) is 9.59 Å². The Morgan fingerprint density at radius 3 is 2.41 bits per heavy atom. The van der Waals surface area contributed by atoms with Crippen LogP contribution in [-0.2, 0) is 6.54 Å². The molecule has 3 rings (SSSR count). The van der Waals surface area contributed by atoms with E-state index in [0.717, 1.165) is 35.6 Å². The Kier molecular flexibility index (Phi) is 6.44. The Morgan fingerprint density at radius 1 is 1.03 bits per heavy atom. The standard InChI is InChI=1S/C23H26N4O2/c1-4-26(5-2)19-11-12-20(17(3)15-19)24-23(29)21-13-14-22(28)27(25-21)16-18-9-7-6-8-10-18/h6-15H,4-5,16H2,1-3H3,(H,24,29). The molecule has 1 N–H and O–H groups in total. The highest BCUT2D eigenvalue weighted by molar-refractivity contribution is 6.03. The second-order valence-corrected chi connectivity index (χ2v) is 6.83. The Labute approximate surface area is 170 Å². The summed E-state index contributed by atoms with van der Waals surface area (Å²) < 4.78 is 1.31. The number of hydrogen-bond acceptors (Lipinski definition) is 4. The van der Waals surface area contributed by atoms with Crippen molar-refractivity contribution in [2.24, 2.45) is 0 Å². The van der Waals surface area contributed by atoms with Gasteiger partial charge in [-0.15, -0.1) is 0 Å². The molecule has 0 aliphatic heterocycles. The number of amides is 1. The molecular weight excluding hydrogens is 364 g/mol. The lowest BCUT2D eigenvalue weighted by Gasteiger charge is -2.22. The molecule has 6 heteroatoms. The minimum Gasteiger partial charge on any atom is -0.372 e. The maximum absolute atomic E-state index is 12.7. The third kappa shape index (κ3) is 4.90. The normalized spacial score (nSPS) is 10.6. The third-order valence-corrected chi connectivity index (χ3v) is 4.86. The van der Waals surface area contributed by atoms with E-state index in [1.165, 1.54) is 16.8 Å². The van der Waals surface area contributed by atoms with Crippen molar-refractivity contribution in [1.82, 2.24) is 9.78 Å². The van der Waals surface area contributed by atoms with E-state index < -0.39 is 0 Å². The van der Waals surface area contributed by atoms with Crippen molar-refractivity contribution in [2.75, 3.05) is 23.3 Å². The average molecular weight is 390 g/mol. The Balaban J connectivity index is 1.79. The van der Waals surface area contributed by atoms with Crippen LogP contribution in [0.4, 0.5) is 11.4 Å². The number of nitrogens with zero attached hydrogens (tertiary/aromatic N) is 3. The van der Waals surface area contributed by atoms with E-state index in [0.29, 0.717) is 6.54 Å². The number of carbonyl (C=O) groups is 1. The van der Waals surface area contributed by atoms with Gasteiger partial charge in [0.05, 0.1) is 6.54 Å². The van der Waals surface area contributed by atoms with Gasteiger partial charge < -0.3 is 10.2 Å². The quantitative estimate of drug-likeness (QED) is 0.668. The highest BCUT2D eigenvalue weighted by atomic mass is 16.2. The minimum atomic E-state index is -0.342. The number of aryl methyl sites for hydroxylation is 1. The zero-order chi connectivity index (χ0) is 20.8. The van der Waals surface area contributed by atoms with Crippen LogP contribution in [0.2, 0.25) is 0 Å². The fourth-order valence-electron chi connectivity index (χ4n) is 3.20. The molecule has 1 aromatic heterocycles. The summed E-state index contributed by atoms with van der Waals surface area (Å²) in [6, 6.07) is 18.4. The first-order valence-corrected chi connectivity index (χ1v) is 9.80. The van der Waals surface area contributed by atoms with Crippen molar-refractivity contribution >= 4 is 17.3 Å². The van der Waals surface area contributed by atoms with Crippen LogP contribution < -0.4 is 15.8 Å². The van der Waals surface area contributed by atoms with E-state index in [2.05, 4.69) is 35.2 Å². The number of nitrogens with one attached hydrogen (secondary N) is 1. The molecule has 0 saturated heterocycles. The number of hydrogen-bond donors (Lipinski definition) is 1. The van der Waals surface area contributed by atoms with Crippen molar-refractivity contribution in [3.63, 3.8) is 0 Å². The molecular formula is C23H26N4O2. The highest BCUT2D eigenvalue weighted by Crippen LogP contribution is 2.23. The summed E-state index contributed by atoms with van der Waals surface area (Å²) in [5.41, 5.74) is 3.73. The van der Waals surface area contributed by atoms with E-state index in [1.54, 1.807) is 0 Å². The average Bonchev–Trinajstić information content (AvgIpc) is 2.73. The Bertz CT molecular complexity index is 1040. The first-order valence-electron chi connectivity index (χ1n) is 9.80. The first kappa shape index (κ1) is 20.3. The molecule has 0 aliphatic carbocycles. The topological polar surface area (TPSA) is 67.2 Å². The Morgan fingerprint density at radius 2 is 1.76 bits per heavy atom. The first-order chi connectivity index (χ1) is 14.0. The fourth-order valence-corrected chi connectivity index (χ4v) is 3.20. The van der Waals surface area contributed by atoms with Crippen LogP contribution in [0.3, 0.4) is 0 Å². The van der Waals surface area contributed by atoms with E-state index in [1.807, 2.05) is 49.4 Å². The lowest BCUT2D eigenvalue weighted by atomic mass is 10.1. The molecule has 1 heterocycles. The summed E-state index contributed by atoms with van der Waals surface area (Å²) in [6.45, 7) is 8.36. The molecule has 150 valence electrons. The van der Waals surface area contributed by atoms with E-state index >= 15 is 0 Å². The minimum absolute atomic E-state index is 0.202. The van der Waals surface area contributed by atoms with Gasteiger partial charge in [-0.25, -0.2) is 4.68 Å². The molecule has 0 saturated carbocycles.